The summed E-state index contributed by atoms with van der Waals surface area (Å²) in [4.78, 5) is 12.3. The second-order valence-corrected chi connectivity index (χ2v) is 12.4. The van der Waals surface area contributed by atoms with Gasteiger partial charge in [-0.3, -0.25) is 0 Å². The SMILES string of the molecule is COC(=O)c1cc2cccc(O[Si](C)(C)C(C)(C)C)c2s1. The number of hydrogen-bond acceptors (Lipinski definition) is 4. The summed E-state index contributed by atoms with van der Waals surface area (Å²) in [6, 6.07) is 7.82. The van der Waals surface area contributed by atoms with Crippen LogP contribution in [0.5, 0.6) is 5.75 Å². The Bertz CT molecular complexity index is 668. The molecule has 5 heteroatoms. The summed E-state index contributed by atoms with van der Waals surface area (Å²) in [7, 11) is -0.496. The lowest BCUT2D eigenvalue weighted by Gasteiger charge is -2.36. The fraction of sp³-hybridized carbons (Fsp3) is 0.438. The number of methoxy groups -OCH3 is 1. The molecule has 0 saturated heterocycles. The van der Waals surface area contributed by atoms with Gasteiger partial charge in [0.15, 0.2) is 0 Å². The van der Waals surface area contributed by atoms with E-state index in [1.165, 1.54) is 18.4 Å². The fourth-order valence-electron chi connectivity index (χ4n) is 1.75. The molecule has 2 aromatic rings. The van der Waals surface area contributed by atoms with Gasteiger partial charge in [0.1, 0.15) is 10.6 Å². The minimum Gasteiger partial charge on any atom is -0.543 e. The summed E-state index contributed by atoms with van der Waals surface area (Å²) in [5.41, 5.74) is 0. The number of esters is 1. The zero-order chi connectivity index (χ0) is 15.8. The fourth-order valence-corrected chi connectivity index (χ4v) is 3.87. The van der Waals surface area contributed by atoms with Crippen molar-refractivity contribution in [2.24, 2.45) is 0 Å². The molecule has 3 nitrogen and oxygen atoms in total. The molecule has 21 heavy (non-hydrogen) atoms. The van der Waals surface area contributed by atoms with Gasteiger partial charge in [0.2, 0.25) is 0 Å². The van der Waals surface area contributed by atoms with Gasteiger partial charge < -0.3 is 9.16 Å². The Hall–Kier alpha value is -1.33. The molecule has 0 bridgehead atoms. The summed E-state index contributed by atoms with van der Waals surface area (Å²) in [5, 5.41) is 1.16. The van der Waals surface area contributed by atoms with Gasteiger partial charge in [-0.15, -0.1) is 11.3 Å². The Balaban J connectivity index is 2.46. The van der Waals surface area contributed by atoms with Crippen LogP contribution in [0.3, 0.4) is 0 Å². The highest BCUT2D eigenvalue weighted by molar-refractivity contribution is 7.21. The second-order valence-electron chi connectivity index (χ2n) is 6.64. The Morgan fingerprint density at radius 2 is 1.90 bits per heavy atom. The molecule has 1 heterocycles. The van der Waals surface area contributed by atoms with Crippen molar-refractivity contribution >= 4 is 35.7 Å². The number of thiophene rings is 1. The van der Waals surface area contributed by atoms with Gasteiger partial charge in [-0.05, 0) is 35.7 Å². The molecule has 0 atom stereocenters. The van der Waals surface area contributed by atoms with E-state index in [1.54, 1.807) is 0 Å². The molecule has 0 unspecified atom stereocenters. The van der Waals surface area contributed by atoms with Crippen LogP contribution in [-0.4, -0.2) is 21.4 Å². The quantitative estimate of drug-likeness (QED) is 0.584. The van der Waals surface area contributed by atoms with Crippen LogP contribution in [0, 0.1) is 0 Å². The van der Waals surface area contributed by atoms with Crippen LogP contribution in [0.1, 0.15) is 30.4 Å². The van der Waals surface area contributed by atoms with Gasteiger partial charge in [0.05, 0.1) is 11.8 Å². The largest absolute Gasteiger partial charge is 0.543 e. The highest BCUT2D eigenvalue weighted by Gasteiger charge is 2.39. The van der Waals surface area contributed by atoms with E-state index in [9.17, 15) is 4.79 Å². The topological polar surface area (TPSA) is 35.5 Å². The van der Waals surface area contributed by atoms with Crippen molar-refractivity contribution in [2.75, 3.05) is 7.11 Å². The first-order chi connectivity index (χ1) is 9.65. The lowest BCUT2D eigenvalue weighted by atomic mass is 10.2. The minimum absolute atomic E-state index is 0.137. The molecule has 2 rings (SSSR count). The number of hydrogen-bond donors (Lipinski definition) is 0. The van der Waals surface area contributed by atoms with E-state index in [-0.39, 0.29) is 11.0 Å². The van der Waals surface area contributed by atoms with Crippen LogP contribution in [0.2, 0.25) is 18.1 Å². The van der Waals surface area contributed by atoms with Crippen LogP contribution >= 0.6 is 11.3 Å². The third-order valence-electron chi connectivity index (χ3n) is 4.07. The standard InChI is InChI=1S/C16H22O3SSi/c1-16(2,3)21(5,6)19-12-9-7-8-11-10-13(15(17)18-4)20-14(11)12/h7-10H,1-6H3. The van der Waals surface area contributed by atoms with Crippen molar-refractivity contribution in [2.45, 2.75) is 38.9 Å². The van der Waals surface area contributed by atoms with E-state index in [0.29, 0.717) is 4.88 Å². The minimum atomic E-state index is -1.90. The number of fused-ring (bicyclic) bond motifs is 1. The maximum absolute atomic E-state index is 11.7. The monoisotopic (exact) mass is 322 g/mol. The summed E-state index contributed by atoms with van der Waals surface area (Å²) in [6.45, 7) is 11.1. The van der Waals surface area contributed by atoms with Gasteiger partial charge >= 0.3 is 5.97 Å². The summed E-state index contributed by atoms with van der Waals surface area (Å²) in [6.07, 6.45) is 0. The third-order valence-corrected chi connectivity index (χ3v) is 9.55. The van der Waals surface area contributed by atoms with E-state index in [0.717, 1.165) is 15.8 Å². The highest BCUT2D eigenvalue weighted by Crippen LogP contribution is 2.41. The molecular formula is C16H22O3SSi. The molecule has 0 aliphatic carbocycles. The number of benzene rings is 1. The first-order valence-corrected chi connectivity index (χ1v) is 10.7. The van der Waals surface area contributed by atoms with Crippen molar-refractivity contribution in [1.29, 1.82) is 0 Å². The predicted molar refractivity (Wildman–Crippen MR) is 91.0 cm³/mol. The average molecular weight is 323 g/mol. The van der Waals surface area contributed by atoms with Crippen molar-refractivity contribution in [3.8, 4) is 5.75 Å². The zero-order valence-electron chi connectivity index (χ0n) is 13.4. The van der Waals surface area contributed by atoms with Crippen LogP contribution in [0.25, 0.3) is 10.1 Å². The van der Waals surface area contributed by atoms with Crippen LogP contribution in [0.4, 0.5) is 0 Å². The normalized spacial score (nSPS) is 12.5. The van der Waals surface area contributed by atoms with Gasteiger partial charge in [0.25, 0.3) is 8.32 Å². The smallest absolute Gasteiger partial charge is 0.348 e. The van der Waals surface area contributed by atoms with Crippen molar-refractivity contribution in [1.82, 2.24) is 0 Å². The van der Waals surface area contributed by atoms with Crippen molar-refractivity contribution in [3.05, 3.63) is 29.1 Å². The molecule has 1 aromatic heterocycles. The average Bonchev–Trinajstić information content (AvgIpc) is 2.81. The van der Waals surface area contributed by atoms with E-state index in [4.69, 9.17) is 9.16 Å². The predicted octanol–water partition coefficient (Wildman–Crippen LogP) is 5.07. The van der Waals surface area contributed by atoms with E-state index >= 15 is 0 Å². The molecule has 0 N–H and O–H groups in total. The maximum atomic E-state index is 11.7. The Morgan fingerprint density at radius 1 is 1.24 bits per heavy atom. The molecule has 0 spiro atoms. The third kappa shape index (κ3) is 3.14. The zero-order valence-corrected chi connectivity index (χ0v) is 15.3. The van der Waals surface area contributed by atoms with Crippen molar-refractivity contribution < 1.29 is 14.0 Å². The Morgan fingerprint density at radius 3 is 2.48 bits per heavy atom. The highest BCUT2D eigenvalue weighted by atomic mass is 32.1. The van der Waals surface area contributed by atoms with E-state index in [2.05, 4.69) is 33.9 Å². The Kier molecular flexibility index (Phi) is 4.17. The van der Waals surface area contributed by atoms with Crippen LogP contribution in [0.15, 0.2) is 24.3 Å². The summed E-state index contributed by atoms with van der Waals surface area (Å²) < 4.78 is 12.2. The molecule has 0 saturated carbocycles. The van der Waals surface area contributed by atoms with Crippen molar-refractivity contribution in [3.63, 3.8) is 0 Å². The number of ether oxygens (including phenoxy) is 1. The maximum Gasteiger partial charge on any atom is 0.348 e. The van der Waals surface area contributed by atoms with Crippen LogP contribution in [-0.2, 0) is 4.74 Å². The Labute approximate surface area is 131 Å². The van der Waals surface area contributed by atoms with Gasteiger partial charge in [-0.1, -0.05) is 32.9 Å². The van der Waals surface area contributed by atoms with Crippen LogP contribution < -0.4 is 4.43 Å². The summed E-state index contributed by atoms with van der Waals surface area (Å²) in [5.74, 6) is 0.578. The second kappa shape index (κ2) is 5.46. The van der Waals surface area contributed by atoms with Gasteiger partial charge in [-0.2, -0.15) is 0 Å². The molecule has 0 fully saturated rings. The van der Waals surface area contributed by atoms with E-state index < -0.39 is 8.32 Å². The first-order valence-electron chi connectivity index (χ1n) is 6.95. The molecule has 1 aromatic carbocycles. The molecule has 0 radical (unpaired) electrons. The van der Waals surface area contributed by atoms with Gasteiger partial charge in [-0.25, -0.2) is 4.79 Å². The molecular weight excluding hydrogens is 300 g/mol. The first kappa shape index (κ1) is 16.0. The van der Waals surface area contributed by atoms with Gasteiger partial charge in [0, 0.05) is 0 Å². The lowest BCUT2D eigenvalue weighted by molar-refractivity contribution is 0.0606. The molecule has 114 valence electrons. The molecule has 0 aliphatic rings. The number of carbonyl (C=O) groups excluding carboxylic acids is 1. The number of rotatable bonds is 3. The number of carbonyl (C=O) groups is 1. The van der Waals surface area contributed by atoms with E-state index in [1.807, 2.05) is 24.3 Å². The lowest BCUT2D eigenvalue weighted by Crippen LogP contribution is -2.43. The molecule has 0 amide bonds. The molecule has 0 aliphatic heterocycles. The summed E-state index contributed by atoms with van der Waals surface area (Å²) >= 11 is 1.43.